The van der Waals surface area contributed by atoms with E-state index in [0.29, 0.717) is 35.2 Å². The molecule has 0 radical (unpaired) electrons. The first-order chi connectivity index (χ1) is 28.8. The third-order valence-electron chi connectivity index (χ3n) is 8.10. The van der Waals surface area contributed by atoms with Crippen molar-refractivity contribution in [1.29, 1.82) is 5.26 Å². The molecule has 16 nitrogen and oxygen atoms in total. The van der Waals surface area contributed by atoms with Gasteiger partial charge in [0.05, 0.1) is 35.4 Å². The number of anilines is 5. The number of alkyl halides is 9. The molecule has 62 heavy (non-hydrogen) atoms. The number of rotatable bonds is 4. The number of aromatic nitrogens is 4. The van der Waals surface area contributed by atoms with Crippen molar-refractivity contribution >= 4 is 64.2 Å². The highest BCUT2D eigenvalue weighted by Crippen LogP contribution is 2.32. The van der Waals surface area contributed by atoms with Crippen LogP contribution in [0, 0.1) is 17.2 Å². The Hall–Kier alpha value is -6.81. The van der Waals surface area contributed by atoms with Gasteiger partial charge in [0.25, 0.3) is 0 Å². The third kappa shape index (κ3) is 16.3. The molecule has 2 atom stereocenters. The molecule has 2 aliphatic heterocycles. The maximum Gasteiger partial charge on any atom is 0.490 e. The van der Waals surface area contributed by atoms with Crippen LogP contribution >= 0.6 is 11.6 Å². The lowest BCUT2D eigenvalue weighted by molar-refractivity contribution is -0.193. The number of nitriles is 1. The zero-order valence-corrected chi connectivity index (χ0v) is 31.9. The number of carbonyl (C=O) groups excluding carboxylic acids is 1. The number of nitrogens with zero attached hydrogens (tertiary/aromatic N) is 5. The molecule has 26 heteroatoms. The van der Waals surface area contributed by atoms with Gasteiger partial charge in [-0.2, -0.15) is 49.8 Å². The number of aliphatic carboxylic acids is 3. The normalized spacial score (nSPS) is 15.6. The van der Waals surface area contributed by atoms with Crippen molar-refractivity contribution in [3.63, 3.8) is 0 Å². The van der Waals surface area contributed by atoms with E-state index in [9.17, 15) is 49.6 Å². The van der Waals surface area contributed by atoms with Crippen LogP contribution in [-0.2, 0) is 32.0 Å². The van der Waals surface area contributed by atoms with E-state index in [1.165, 1.54) is 0 Å². The molecule has 7 N–H and O–H groups in total. The third-order valence-corrected chi connectivity index (χ3v) is 8.38. The van der Waals surface area contributed by atoms with Gasteiger partial charge in [-0.15, -0.1) is 0 Å². The number of hydrogen-bond donors (Lipinski definition) is 7. The summed E-state index contributed by atoms with van der Waals surface area (Å²) in [6, 6.07) is 13.6. The molecular weight excluding hydrogens is 877 g/mol. The number of hydrogen-bond acceptors (Lipinski definition) is 12. The van der Waals surface area contributed by atoms with Crippen LogP contribution in [0.3, 0.4) is 0 Å². The first kappa shape index (κ1) is 49.6. The Morgan fingerprint density at radius 1 is 0.823 bits per heavy atom. The Balaban J connectivity index is 0.000000403. The van der Waals surface area contributed by atoms with E-state index in [4.69, 9.17) is 41.3 Å². The van der Waals surface area contributed by atoms with Gasteiger partial charge in [0, 0.05) is 36.2 Å². The minimum absolute atomic E-state index is 0.0198. The molecule has 1 fully saturated rings. The Kier molecular flexibility index (Phi) is 17.3. The molecule has 1 amide bonds. The molecule has 2 aliphatic rings. The number of halogens is 10. The molecule has 3 aromatic heterocycles. The van der Waals surface area contributed by atoms with Crippen LogP contribution in [0.5, 0.6) is 0 Å². The molecule has 0 aliphatic carbocycles. The second-order valence-electron chi connectivity index (χ2n) is 12.7. The maximum absolute atomic E-state index is 13.3. The second kappa shape index (κ2) is 21.6. The fourth-order valence-electron chi connectivity index (χ4n) is 5.33. The smallest absolute Gasteiger partial charge is 0.475 e. The van der Waals surface area contributed by atoms with Crippen LogP contribution in [0.2, 0.25) is 5.02 Å². The summed E-state index contributed by atoms with van der Waals surface area (Å²) in [5.74, 6) is -7.20. The van der Waals surface area contributed by atoms with E-state index in [0.717, 1.165) is 59.7 Å². The summed E-state index contributed by atoms with van der Waals surface area (Å²) in [7, 11) is 0. The number of amides is 1. The van der Waals surface area contributed by atoms with Crippen molar-refractivity contribution in [2.24, 2.45) is 5.92 Å². The lowest BCUT2D eigenvalue weighted by atomic mass is 9.87. The van der Waals surface area contributed by atoms with Gasteiger partial charge in [-0.3, -0.25) is 14.8 Å². The van der Waals surface area contributed by atoms with Crippen LogP contribution in [-0.4, -0.2) is 84.1 Å². The predicted molar refractivity (Wildman–Crippen MR) is 198 cm³/mol. The van der Waals surface area contributed by atoms with Gasteiger partial charge < -0.3 is 36.6 Å². The highest BCUT2D eigenvalue weighted by Gasteiger charge is 2.39. The van der Waals surface area contributed by atoms with Gasteiger partial charge in [0.15, 0.2) is 5.82 Å². The molecule has 0 spiro atoms. The number of carboxylic acid groups (broad SMARTS) is 3. The molecule has 1 aromatic carbocycles. The van der Waals surface area contributed by atoms with Crippen LogP contribution in [0.25, 0.3) is 0 Å². The Labute approximate surface area is 348 Å². The average Bonchev–Trinajstić information content (AvgIpc) is 3.19. The zero-order chi connectivity index (χ0) is 46.4. The first-order valence-electron chi connectivity index (χ1n) is 17.3. The van der Waals surface area contributed by atoms with Crippen LogP contribution in [0.1, 0.15) is 47.7 Å². The molecular formula is C36H31ClF9N9O7. The summed E-state index contributed by atoms with van der Waals surface area (Å²) in [6.45, 7) is 0.794. The zero-order valence-electron chi connectivity index (χ0n) is 31.2. The number of nitrogens with one attached hydrogen (secondary N) is 4. The van der Waals surface area contributed by atoms with Crippen molar-refractivity contribution in [3.8, 4) is 6.07 Å². The molecule has 0 saturated carbocycles. The monoisotopic (exact) mass is 907 g/mol. The molecule has 5 heterocycles. The summed E-state index contributed by atoms with van der Waals surface area (Å²) < 4.78 is 95.2. The summed E-state index contributed by atoms with van der Waals surface area (Å²) in [4.78, 5) is 57.6. The molecule has 332 valence electrons. The Bertz CT molecular complexity index is 2220. The lowest BCUT2D eigenvalue weighted by Crippen LogP contribution is -2.34. The predicted octanol–water partition coefficient (Wildman–Crippen LogP) is 7.35. The van der Waals surface area contributed by atoms with Crippen molar-refractivity contribution in [3.05, 3.63) is 88.6 Å². The van der Waals surface area contributed by atoms with Gasteiger partial charge >= 0.3 is 36.4 Å². The van der Waals surface area contributed by atoms with Gasteiger partial charge in [-0.25, -0.2) is 19.4 Å². The van der Waals surface area contributed by atoms with Crippen molar-refractivity contribution < 1.29 is 74.0 Å². The van der Waals surface area contributed by atoms with Gasteiger partial charge in [-0.05, 0) is 85.7 Å². The summed E-state index contributed by atoms with van der Waals surface area (Å²) in [6.07, 6.45) is -4.95. The molecule has 4 aromatic rings. The van der Waals surface area contributed by atoms with Crippen LogP contribution in [0.4, 0.5) is 68.3 Å². The Morgan fingerprint density at radius 3 is 2.05 bits per heavy atom. The summed E-state index contributed by atoms with van der Waals surface area (Å²) in [5.41, 5.74) is 5.84. The van der Waals surface area contributed by atoms with E-state index in [1.54, 1.807) is 24.7 Å². The van der Waals surface area contributed by atoms with E-state index >= 15 is 0 Å². The average molecular weight is 908 g/mol. The number of carboxylic acids is 3. The molecule has 6 rings (SSSR count). The number of pyridine rings is 2. The highest BCUT2D eigenvalue weighted by atomic mass is 35.5. The number of benzene rings is 1. The van der Waals surface area contributed by atoms with Gasteiger partial charge in [-0.1, -0.05) is 11.6 Å². The summed E-state index contributed by atoms with van der Waals surface area (Å²) in [5, 5.41) is 44.1. The number of aryl methyl sites for hydroxylation is 2. The highest BCUT2D eigenvalue weighted by molar-refractivity contribution is 6.32. The second-order valence-corrected chi connectivity index (χ2v) is 13.1. The fourth-order valence-corrected chi connectivity index (χ4v) is 5.47. The number of fused-ring (bicyclic) bond motifs is 6. The van der Waals surface area contributed by atoms with E-state index in [2.05, 4.69) is 47.3 Å². The summed E-state index contributed by atoms with van der Waals surface area (Å²) >= 11 is 6.38. The SMILES string of the molecule is N#Cc1ccnc(C2CC(CC(=O)Nc3ccc4cc3CCc3cncc(c3)Nc3ncc(Cl)c(n3)N4)CCN2)c1.O=C(O)C(F)(F)F.O=C(O)C(F)(F)F.O=C(O)C(F)(F)F. The number of piperidine rings is 1. The van der Waals surface area contributed by atoms with Crippen molar-refractivity contribution in [2.75, 3.05) is 22.5 Å². The quantitative estimate of drug-likeness (QED) is 0.0989. The van der Waals surface area contributed by atoms with Crippen molar-refractivity contribution in [2.45, 2.75) is 56.7 Å². The Morgan fingerprint density at radius 2 is 1.45 bits per heavy atom. The first-order valence-corrected chi connectivity index (χ1v) is 17.7. The lowest BCUT2D eigenvalue weighted by Gasteiger charge is -2.30. The minimum Gasteiger partial charge on any atom is -0.475 e. The van der Waals surface area contributed by atoms with Gasteiger partial charge in [0.1, 0.15) is 5.02 Å². The maximum atomic E-state index is 13.3. The van der Waals surface area contributed by atoms with E-state index in [-0.39, 0.29) is 17.9 Å². The standard InChI is InChI=1S/C30H28ClN9O.3C2HF3O2/c31-24-17-36-30-38-23-9-20(15-33-16-23)1-2-21-13-22(37-29(24)40-30)3-4-25(21)39-28(41)12-18-5-7-34-26(10-18)27-11-19(14-32)6-8-35-27;3*3-2(4,5)1(6)7/h3-4,6,8-9,11,13,15-18,26,34H,1-2,5,7,10,12H2,(H,39,41)(H2,36,37,38,40);3*(H,6,7). The van der Waals surface area contributed by atoms with Crippen molar-refractivity contribution in [1.82, 2.24) is 25.3 Å². The van der Waals surface area contributed by atoms with Crippen LogP contribution < -0.4 is 21.3 Å². The molecule has 2 unspecified atom stereocenters. The molecule has 1 saturated heterocycles. The molecule has 6 bridgehead atoms. The van der Waals surface area contributed by atoms with Gasteiger partial charge in [0.2, 0.25) is 11.9 Å². The fraction of sp³-hybridized carbons (Fsp3) is 0.306. The minimum atomic E-state index is -5.08. The van der Waals surface area contributed by atoms with E-state index in [1.807, 2.05) is 36.5 Å². The van der Waals surface area contributed by atoms with E-state index < -0.39 is 36.4 Å². The van der Waals surface area contributed by atoms with Crippen LogP contribution in [0.15, 0.2) is 61.2 Å². The largest absolute Gasteiger partial charge is 0.490 e. The topological polar surface area (TPSA) is 252 Å². The number of carbonyl (C=O) groups is 4.